The number of hydrogen-bond donors (Lipinski definition) is 2. The molecule has 1 aromatic carbocycles. The summed E-state index contributed by atoms with van der Waals surface area (Å²) in [4.78, 5) is 41.4. The van der Waals surface area contributed by atoms with Crippen molar-refractivity contribution >= 4 is 17.9 Å². The van der Waals surface area contributed by atoms with Crippen LogP contribution in [0.15, 0.2) is 18.2 Å². The van der Waals surface area contributed by atoms with Crippen LogP contribution in [0.3, 0.4) is 0 Å². The van der Waals surface area contributed by atoms with Crippen molar-refractivity contribution in [2.45, 2.75) is 118 Å². The number of ether oxygens (including phenoxy) is 1. The number of carbonyl (C=O) groups excluding carboxylic acids is 3. The van der Waals surface area contributed by atoms with Crippen LogP contribution in [0.2, 0.25) is 0 Å². The van der Waals surface area contributed by atoms with E-state index in [0.29, 0.717) is 13.1 Å². The molecule has 2 unspecified atom stereocenters. The molecule has 0 radical (unpaired) electrons. The van der Waals surface area contributed by atoms with E-state index in [4.69, 9.17) is 4.74 Å². The van der Waals surface area contributed by atoms with Crippen molar-refractivity contribution in [2.24, 2.45) is 0 Å². The second kappa shape index (κ2) is 15.5. The van der Waals surface area contributed by atoms with Crippen LogP contribution >= 0.6 is 0 Å². The zero-order valence-corrected chi connectivity index (χ0v) is 23.8. The summed E-state index contributed by atoms with van der Waals surface area (Å²) in [5, 5.41) is 5.71. The lowest BCUT2D eigenvalue weighted by Crippen LogP contribution is -2.52. The molecule has 0 aliphatic carbocycles. The number of rotatable bonds is 14. The summed E-state index contributed by atoms with van der Waals surface area (Å²) in [7, 11) is 0. The molecule has 0 saturated heterocycles. The molecule has 0 aromatic heterocycles. The van der Waals surface area contributed by atoms with E-state index in [1.54, 1.807) is 32.6 Å². The minimum absolute atomic E-state index is 0.191. The van der Waals surface area contributed by atoms with Crippen molar-refractivity contribution in [1.29, 1.82) is 0 Å². The lowest BCUT2D eigenvalue weighted by atomic mass is 9.94. The molecular formula is C29H49N3O4. The molecule has 0 heterocycles. The second-order valence-corrected chi connectivity index (χ2v) is 10.7. The number of amides is 3. The van der Waals surface area contributed by atoms with Crippen molar-refractivity contribution < 1.29 is 19.1 Å². The lowest BCUT2D eigenvalue weighted by molar-refractivity contribution is -0.142. The Kier molecular flexibility index (Phi) is 13.6. The van der Waals surface area contributed by atoms with Gasteiger partial charge in [0.15, 0.2) is 0 Å². The van der Waals surface area contributed by atoms with E-state index in [-0.39, 0.29) is 11.8 Å². The van der Waals surface area contributed by atoms with Crippen LogP contribution in [0.5, 0.6) is 0 Å². The summed E-state index contributed by atoms with van der Waals surface area (Å²) >= 11 is 0. The molecule has 0 aliphatic rings. The van der Waals surface area contributed by atoms with Gasteiger partial charge in [0.05, 0.1) is 0 Å². The third kappa shape index (κ3) is 10.6. The molecule has 204 valence electrons. The average Bonchev–Trinajstić information content (AvgIpc) is 2.79. The minimum Gasteiger partial charge on any atom is -0.444 e. The SMILES string of the molecule is CCCCCCCN(C(=O)C(C)NC(=O)OC(C)(C)C)C(C(=O)NCCCC)c1cccc(C)c1C. The Hall–Kier alpha value is -2.57. The maximum Gasteiger partial charge on any atom is 0.408 e. The van der Waals surface area contributed by atoms with E-state index in [9.17, 15) is 14.4 Å². The number of nitrogens with one attached hydrogen (secondary N) is 2. The van der Waals surface area contributed by atoms with Gasteiger partial charge < -0.3 is 20.3 Å². The Morgan fingerprint density at radius 2 is 1.61 bits per heavy atom. The first-order valence-electron chi connectivity index (χ1n) is 13.6. The summed E-state index contributed by atoms with van der Waals surface area (Å²) in [6.07, 6.45) is 6.30. The molecule has 0 saturated carbocycles. The van der Waals surface area contributed by atoms with Gasteiger partial charge in [0, 0.05) is 13.1 Å². The van der Waals surface area contributed by atoms with Crippen LogP contribution in [-0.2, 0) is 14.3 Å². The summed E-state index contributed by atoms with van der Waals surface area (Å²) < 4.78 is 5.36. The molecular weight excluding hydrogens is 454 g/mol. The predicted molar refractivity (Wildman–Crippen MR) is 146 cm³/mol. The molecule has 0 fully saturated rings. The van der Waals surface area contributed by atoms with Gasteiger partial charge in [-0.05, 0) is 71.1 Å². The predicted octanol–water partition coefficient (Wildman–Crippen LogP) is 5.97. The molecule has 3 amide bonds. The Labute approximate surface area is 218 Å². The number of carbonyl (C=O) groups is 3. The maximum atomic E-state index is 13.8. The fourth-order valence-corrected chi connectivity index (χ4v) is 4.05. The van der Waals surface area contributed by atoms with E-state index in [1.807, 2.05) is 32.0 Å². The Bertz CT molecular complexity index is 847. The van der Waals surface area contributed by atoms with Crippen LogP contribution in [0, 0.1) is 13.8 Å². The van der Waals surface area contributed by atoms with E-state index in [0.717, 1.165) is 61.6 Å². The highest BCUT2D eigenvalue weighted by Crippen LogP contribution is 2.28. The zero-order chi connectivity index (χ0) is 27.3. The molecule has 0 bridgehead atoms. The number of unbranched alkanes of at least 4 members (excludes halogenated alkanes) is 5. The molecule has 2 N–H and O–H groups in total. The molecule has 0 aliphatic heterocycles. The van der Waals surface area contributed by atoms with Crippen molar-refractivity contribution in [1.82, 2.24) is 15.5 Å². The van der Waals surface area contributed by atoms with Gasteiger partial charge in [-0.1, -0.05) is 64.2 Å². The first-order chi connectivity index (χ1) is 16.9. The highest BCUT2D eigenvalue weighted by atomic mass is 16.6. The fraction of sp³-hybridized carbons (Fsp3) is 0.690. The maximum absolute atomic E-state index is 13.8. The number of benzene rings is 1. The highest BCUT2D eigenvalue weighted by Gasteiger charge is 2.35. The second-order valence-electron chi connectivity index (χ2n) is 10.7. The third-order valence-electron chi connectivity index (χ3n) is 6.22. The minimum atomic E-state index is -0.841. The van der Waals surface area contributed by atoms with Crippen molar-refractivity contribution in [3.63, 3.8) is 0 Å². The summed E-state index contributed by atoms with van der Waals surface area (Å²) in [5.41, 5.74) is 2.20. The number of alkyl carbamates (subject to hydrolysis) is 1. The lowest BCUT2D eigenvalue weighted by Gasteiger charge is -2.34. The summed E-state index contributed by atoms with van der Waals surface area (Å²) in [6.45, 7) is 16.2. The van der Waals surface area contributed by atoms with Crippen LogP contribution in [-0.4, -0.2) is 47.5 Å². The Balaban J connectivity index is 3.33. The molecule has 36 heavy (non-hydrogen) atoms. The van der Waals surface area contributed by atoms with Crippen LogP contribution < -0.4 is 10.6 Å². The highest BCUT2D eigenvalue weighted by molar-refractivity contribution is 5.92. The molecule has 1 rings (SSSR count). The molecule has 0 spiro atoms. The van der Waals surface area contributed by atoms with Gasteiger partial charge in [-0.15, -0.1) is 0 Å². The van der Waals surface area contributed by atoms with E-state index < -0.39 is 23.8 Å². The van der Waals surface area contributed by atoms with Gasteiger partial charge in [0.2, 0.25) is 11.8 Å². The monoisotopic (exact) mass is 503 g/mol. The smallest absolute Gasteiger partial charge is 0.408 e. The van der Waals surface area contributed by atoms with Crippen LogP contribution in [0.25, 0.3) is 0 Å². The van der Waals surface area contributed by atoms with Gasteiger partial charge in [-0.25, -0.2) is 4.79 Å². The topological polar surface area (TPSA) is 87.7 Å². The van der Waals surface area contributed by atoms with Crippen LogP contribution in [0.4, 0.5) is 4.79 Å². The average molecular weight is 504 g/mol. The standard InChI is InChI=1S/C29H49N3O4/c1-9-11-13-14-15-20-32(27(34)23(5)31-28(35)36-29(6,7)8)25(26(33)30-19-12-10-2)24-18-16-17-21(3)22(24)4/h16-18,23,25H,9-15,19-20H2,1-8H3,(H,30,33)(H,31,35). The normalized spacial score (nSPS) is 13.0. The van der Waals surface area contributed by atoms with E-state index >= 15 is 0 Å². The Morgan fingerprint density at radius 3 is 2.22 bits per heavy atom. The third-order valence-corrected chi connectivity index (χ3v) is 6.22. The van der Waals surface area contributed by atoms with Crippen LogP contribution in [0.1, 0.15) is 109 Å². The van der Waals surface area contributed by atoms with E-state index in [2.05, 4.69) is 24.5 Å². The van der Waals surface area contributed by atoms with Gasteiger partial charge in [-0.2, -0.15) is 0 Å². The van der Waals surface area contributed by atoms with Crippen molar-refractivity contribution in [2.75, 3.05) is 13.1 Å². The van der Waals surface area contributed by atoms with Gasteiger partial charge >= 0.3 is 6.09 Å². The molecule has 2 atom stereocenters. The fourth-order valence-electron chi connectivity index (χ4n) is 4.05. The van der Waals surface area contributed by atoms with E-state index in [1.165, 1.54) is 0 Å². The number of nitrogens with zero attached hydrogens (tertiary/aromatic N) is 1. The number of aryl methyl sites for hydroxylation is 1. The first-order valence-corrected chi connectivity index (χ1v) is 13.6. The van der Waals surface area contributed by atoms with Crippen molar-refractivity contribution in [3.05, 3.63) is 34.9 Å². The molecule has 7 nitrogen and oxygen atoms in total. The Morgan fingerprint density at radius 1 is 0.972 bits per heavy atom. The van der Waals surface area contributed by atoms with Gasteiger partial charge in [0.25, 0.3) is 0 Å². The molecule has 7 heteroatoms. The number of hydrogen-bond acceptors (Lipinski definition) is 4. The first kappa shape index (κ1) is 31.5. The van der Waals surface area contributed by atoms with Crippen molar-refractivity contribution in [3.8, 4) is 0 Å². The van der Waals surface area contributed by atoms with Gasteiger partial charge in [-0.3, -0.25) is 9.59 Å². The quantitative estimate of drug-likeness (QED) is 0.306. The molecule has 1 aromatic rings. The van der Waals surface area contributed by atoms with Gasteiger partial charge in [0.1, 0.15) is 17.7 Å². The largest absolute Gasteiger partial charge is 0.444 e. The summed E-state index contributed by atoms with van der Waals surface area (Å²) in [5.74, 6) is -0.489. The zero-order valence-electron chi connectivity index (χ0n) is 23.8. The summed E-state index contributed by atoms with van der Waals surface area (Å²) in [6, 6.07) is 4.25.